The van der Waals surface area contributed by atoms with E-state index >= 15 is 0 Å². The molecule has 0 amide bonds. The van der Waals surface area contributed by atoms with Gasteiger partial charge in [0.25, 0.3) is 0 Å². The van der Waals surface area contributed by atoms with Crippen molar-refractivity contribution in [3.63, 3.8) is 0 Å². The van der Waals surface area contributed by atoms with Crippen molar-refractivity contribution in [3.05, 3.63) is 181 Å². The van der Waals surface area contributed by atoms with Crippen molar-refractivity contribution in [1.82, 2.24) is 0 Å². The Bertz CT molecular complexity index is 2940. The van der Waals surface area contributed by atoms with Crippen LogP contribution < -0.4 is 0 Å². The quantitative estimate of drug-likeness (QED) is 0.176. The summed E-state index contributed by atoms with van der Waals surface area (Å²) < 4.78 is 56.5. The van der Waals surface area contributed by atoms with Gasteiger partial charge in [-0.1, -0.05) is 164 Å². The van der Waals surface area contributed by atoms with E-state index in [0.29, 0.717) is 49.4 Å². The predicted octanol–water partition coefficient (Wildman–Crippen LogP) is 13.3. The summed E-state index contributed by atoms with van der Waals surface area (Å²) in [7, 11) is 0. The third-order valence-corrected chi connectivity index (χ3v) is 9.25. The van der Waals surface area contributed by atoms with E-state index in [9.17, 15) is 5.48 Å². The Labute approximate surface area is 283 Å². The summed E-state index contributed by atoms with van der Waals surface area (Å²) in [6.45, 7) is 1.87. The van der Waals surface area contributed by atoms with Crippen molar-refractivity contribution in [1.29, 1.82) is 0 Å². The highest BCUT2D eigenvalue weighted by Crippen LogP contribution is 2.47. The van der Waals surface area contributed by atoms with Gasteiger partial charge in [-0.3, -0.25) is 0 Å². The van der Waals surface area contributed by atoms with Gasteiger partial charge in [0.2, 0.25) is 0 Å². The van der Waals surface area contributed by atoms with Gasteiger partial charge in [-0.05, 0) is 112 Å². The molecule has 0 unspecified atom stereocenters. The lowest BCUT2D eigenvalue weighted by molar-refractivity contribution is 1.49. The van der Waals surface area contributed by atoms with Gasteiger partial charge in [-0.15, -0.1) is 0 Å². The zero-order valence-corrected chi connectivity index (χ0v) is 25.8. The molecule has 0 aliphatic rings. The van der Waals surface area contributed by atoms with Gasteiger partial charge in [-0.25, -0.2) is 0 Å². The first-order valence-corrected chi connectivity index (χ1v) is 15.9. The zero-order chi connectivity index (χ0) is 36.5. The maximum Gasteiger partial charge on any atom is 0.0636 e. The molecule has 0 atom stereocenters. The Hall–Kier alpha value is -5.98. The minimum atomic E-state index is -0.339. The van der Waals surface area contributed by atoms with E-state index in [4.69, 9.17) is 2.74 Å². The van der Waals surface area contributed by atoms with E-state index in [-0.39, 0.29) is 36.3 Å². The summed E-state index contributed by atoms with van der Waals surface area (Å²) in [6, 6.07) is 45.5. The van der Waals surface area contributed by atoms with Crippen LogP contribution in [0.3, 0.4) is 0 Å². The van der Waals surface area contributed by atoms with Crippen LogP contribution in [0.1, 0.15) is 13.8 Å². The van der Waals surface area contributed by atoms with Crippen LogP contribution in [0, 0.1) is 6.92 Å². The maximum atomic E-state index is 10.0. The Morgan fingerprint density at radius 1 is 0.383 bits per heavy atom. The van der Waals surface area contributed by atoms with E-state index in [0.717, 1.165) is 43.8 Å². The first-order chi connectivity index (χ1) is 25.7. The van der Waals surface area contributed by atoms with Gasteiger partial charge in [0, 0.05) is 0 Å². The molecule has 0 saturated heterocycles. The van der Waals surface area contributed by atoms with Gasteiger partial charge >= 0.3 is 0 Å². The molecule has 0 fully saturated rings. The van der Waals surface area contributed by atoms with E-state index in [2.05, 4.69) is 30.3 Å². The first kappa shape index (κ1) is 21.7. The zero-order valence-electron chi connectivity index (χ0n) is 31.8. The lowest BCUT2D eigenvalue weighted by Gasteiger charge is -2.21. The summed E-state index contributed by atoms with van der Waals surface area (Å²) in [4.78, 5) is 0. The van der Waals surface area contributed by atoms with Gasteiger partial charge in [0.05, 0.1) is 8.22 Å². The fourth-order valence-electron chi connectivity index (χ4n) is 7.00. The fourth-order valence-corrected chi connectivity index (χ4v) is 7.00. The molecule has 0 aromatic heterocycles. The topological polar surface area (TPSA) is 0 Å². The third-order valence-electron chi connectivity index (χ3n) is 9.25. The fraction of sp³-hybridized carbons (Fsp3) is 0.0213. The minimum absolute atomic E-state index is 0.172. The highest BCUT2D eigenvalue weighted by Gasteiger charge is 2.20. The van der Waals surface area contributed by atoms with Crippen LogP contribution in [0.15, 0.2) is 176 Å². The van der Waals surface area contributed by atoms with Gasteiger partial charge in [0.15, 0.2) is 0 Å². The molecule has 0 aliphatic carbocycles. The minimum Gasteiger partial charge on any atom is -0.0622 e. The molecule has 9 aromatic rings. The highest BCUT2D eigenvalue weighted by atomic mass is 14.2. The summed E-state index contributed by atoms with van der Waals surface area (Å²) in [5.74, 6) is 0. The molecule has 0 saturated carbocycles. The molecule has 0 aliphatic heterocycles. The number of fused-ring (bicyclic) bond motifs is 4. The lowest BCUT2D eigenvalue weighted by Crippen LogP contribution is -1.94. The van der Waals surface area contributed by atoms with Crippen molar-refractivity contribution in [3.8, 4) is 44.5 Å². The highest BCUT2D eigenvalue weighted by molar-refractivity contribution is 6.24. The summed E-state index contributed by atoms with van der Waals surface area (Å²) in [5.41, 5.74) is 6.63. The second kappa shape index (κ2) is 11.1. The standard InChI is InChI=1S/C47H32/c1-31-28-44-45(30-43(31)35-13-3-2-4-14-35)47(40-21-11-17-34-15-7-8-18-39(34)40)42-20-10-9-19-41(42)46(44)36-25-22-33(23-26-36)38-27-24-32-12-5-6-16-37(32)29-38/h2-30H,1H3/i9D,10D,19D,20D,28D,30D. The lowest BCUT2D eigenvalue weighted by atomic mass is 9.82. The average Bonchev–Trinajstić information content (AvgIpc) is 3.20. The molecular formula is C47H32. The SMILES string of the molecule is [2H]c1c([2H])c([2H])c2c(-c3cccc4ccccc34)c3c([2H])c(-c4ccccc4)c(C)c([2H])c3c(-c3ccc(-c4ccc5ccccc5c4)cc3)c2c1[2H]. The molecule has 9 aromatic carbocycles. The molecule has 0 spiro atoms. The normalized spacial score (nSPS) is 13.3. The van der Waals surface area contributed by atoms with Gasteiger partial charge in [-0.2, -0.15) is 0 Å². The van der Waals surface area contributed by atoms with Crippen molar-refractivity contribution >= 4 is 43.1 Å². The largest absolute Gasteiger partial charge is 0.0636 e. The molecule has 47 heavy (non-hydrogen) atoms. The van der Waals surface area contributed by atoms with E-state index in [1.54, 1.807) is 0 Å². The Morgan fingerprint density at radius 2 is 1.00 bits per heavy atom. The Balaban J connectivity index is 1.47. The van der Waals surface area contributed by atoms with Crippen molar-refractivity contribution < 1.29 is 8.22 Å². The second-order valence-corrected chi connectivity index (χ2v) is 12.0. The molecule has 0 heterocycles. The molecule has 0 nitrogen and oxygen atoms in total. The molecular weight excluding hydrogens is 565 g/mol. The predicted molar refractivity (Wildman–Crippen MR) is 203 cm³/mol. The van der Waals surface area contributed by atoms with Crippen LogP contribution in [0.25, 0.3) is 87.6 Å². The monoisotopic (exact) mass is 602 g/mol. The molecule has 0 bridgehead atoms. The van der Waals surface area contributed by atoms with Crippen molar-refractivity contribution in [2.24, 2.45) is 0 Å². The summed E-state index contributed by atoms with van der Waals surface area (Å²) in [5, 5.41) is 5.81. The number of hydrogen-bond donors (Lipinski definition) is 0. The van der Waals surface area contributed by atoms with E-state index in [1.165, 1.54) is 0 Å². The molecule has 9 rings (SSSR count). The van der Waals surface area contributed by atoms with E-state index in [1.807, 2.05) is 116 Å². The molecule has 0 radical (unpaired) electrons. The van der Waals surface area contributed by atoms with Crippen LogP contribution in [-0.4, -0.2) is 0 Å². The average molecular weight is 603 g/mol. The Kier molecular flexibility index (Phi) is 5.14. The van der Waals surface area contributed by atoms with Crippen LogP contribution in [0.5, 0.6) is 0 Å². The second-order valence-electron chi connectivity index (χ2n) is 12.0. The number of benzene rings is 9. The summed E-state index contributed by atoms with van der Waals surface area (Å²) >= 11 is 0. The van der Waals surface area contributed by atoms with Crippen molar-refractivity contribution in [2.45, 2.75) is 6.92 Å². The Morgan fingerprint density at radius 3 is 1.81 bits per heavy atom. The van der Waals surface area contributed by atoms with Crippen LogP contribution in [0.2, 0.25) is 0 Å². The van der Waals surface area contributed by atoms with E-state index < -0.39 is 0 Å². The molecule has 220 valence electrons. The van der Waals surface area contributed by atoms with Crippen LogP contribution in [0.4, 0.5) is 0 Å². The van der Waals surface area contributed by atoms with Gasteiger partial charge in [0.1, 0.15) is 0 Å². The maximum absolute atomic E-state index is 10.0. The van der Waals surface area contributed by atoms with Gasteiger partial charge < -0.3 is 0 Å². The van der Waals surface area contributed by atoms with Crippen molar-refractivity contribution in [2.75, 3.05) is 0 Å². The smallest absolute Gasteiger partial charge is 0.0622 e. The number of rotatable bonds is 4. The molecule has 0 heteroatoms. The third kappa shape index (κ3) is 4.61. The first-order valence-electron chi connectivity index (χ1n) is 18.9. The van der Waals surface area contributed by atoms with Crippen LogP contribution >= 0.6 is 0 Å². The summed E-state index contributed by atoms with van der Waals surface area (Å²) in [6.07, 6.45) is 0. The van der Waals surface area contributed by atoms with Crippen LogP contribution in [-0.2, 0) is 0 Å². The number of hydrogen-bond acceptors (Lipinski definition) is 0. The molecule has 0 N–H and O–H groups in total.